The molecule has 2 aliphatic heterocycles. The first-order chi connectivity index (χ1) is 17.5. The van der Waals surface area contributed by atoms with Gasteiger partial charge in [-0.05, 0) is 69.5 Å². The summed E-state index contributed by atoms with van der Waals surface area (Å²) in [6, 6.07) is 10.2. The predicted octanol–water partition coefficient (Wildman–Crippen LogP) is 3.95. The van der Waals surface area contributed by atoms with E-state index in [0.717, 1.165) is 65.5 Å². The van der Waals surface area contributed by atoms with Crippen molar-refractivity contribution in [2.75, 3.05) is 39.5 Å². The summed E-state index contributed by atoms with van der Waals surface area (Å²) in [5.74, 6) is 0.648. The van der Waals surface area contributed by atoms with Gasteiger partial charge in [0, 0.05) is 43.4 Å². The van der Waals surface area contributed by atoms with E-state index in [-0.39, 0.29) is 5.69 Å². The SMILES string of the molecule is Cn1c(=O)n([C@@]2(C)CCCOC2)c2c3cc(-c4ccc(OCCCN5CCC5)nc4)ccc3ncc21. The summed E-state index contributed by atoms with van der Waals surface area (Å²) in [5, 5.41) is 0.959. The van der Waals surface area contributed by atoms with E-state index < -0.39 is 5.54 Å². The number of hydrogen-bond acceptors (Lipinski definition) is 6. The number of nitrogens with zero attached hydrogens (tertiary/aromatic N) is 5. The zero-order valence-corrected chi connectivity index (χ0v) is 21.1. The van der Waals surface area contributed by atoms with Crippen molar-refractivity contribution in [3.8, 4) is 17.0 Å². The van der Waals surface area contributed by atoms with Crippen LogP contribution >= 0.6 is 0 Å². The van der Waals surface area contributed by atoms with Crippen molar-refractivity contribution in [2.24, 2.45) is 7.05 Å². The molecule has 2 fully saturated rings. The van der Waals surface area contributed by atoms with E-state index >= 15 is 0 Å². The Morgan fingerprint density at radius 1 is 1.08 bits per heavy atom. The van der Waals surface area contributed by atoms with Crippen molar-refractivity contribution < 1.29 is 9.47 Å². The Hall–Kier alpha value is -3.23. The molecule has 0 saturated carbocycles. The van der Waals surface area contributed by atoms with Gasteiger partial charge in [-0.15, -0.1) is 0 Å². The molecule has 36 heavy (non-hydrogen) atoms. The molecule has 1 aromatic carbocycles. The molecular weight excluding hydrogens is 454 g/mol. The van der Waals surface area contributed by atoms with E-state index in [9.17, 15) is 4.79 Å². The van der Waals surface area contributed by atoms with Gasteiger partial charge in [0.15, 0.2) is 0 Å². The zero-order valence-electron chi connectivity index (χ0n) is 21.1. The molecule has 0 spiro atoms. The van der Waals surface area contributed by atoms with Gasteiger partial charge in [-0.2, -0.15) is 0 Å². The number of fused-ring (bicyclic) bond motifs is 3. The van der Waals surface area contributed by atoms with E-state index in [0.29, 0.717) is 19.1 Å². The number of ether oxygens (including phenoxy) is 2. The molecule has 6 rings (SSSR count). The third-order valence-corrected chi connectivity index (χ3v) is 7.73. The fourth-order valence-electron chi connectivity index (χ4n) is 5.48. The monoisotopic (exact) mass is 487 g/mol. The van der Waals surface area contributed by atoms with Crippen LogP contribution in [0, 0.1) is 0 Å². The number of aryl methyl sites for hydroxylation is 1. The Balaban J connectivity index is 1.33. The molecule has 188 valence electrons. The lowest BCUT2D eigenvalue weighted by atomic mass is 9.94. The smallest absolute Gasteiger partial charge is 0.329 e. The fraction of sp³-hybridized carbons (Fsp3) is 0.464. The second kappa shape index (κ2) is 9.33. The van der Waals surface area contributed by atoms with Gasteiger partial charge < -0.3 is 14.4 Å². The van der Waals surface area contributed by atoms with E-state index in [2.05, 4.69) is 33.9 Å². The van der Waals surface area contributed by atoms with E-state index in [1.807, 2.05) is 36.0 Å². The van der Waals surface area contributed by atoms with Gasteiger partial charge in [-0.25, -0.2) is 9.78 Å². The number of rotatable bonds is 7. The maximum Gasteiger partial charge on any atom is 0.329 e. The summed E-state index contributed by atoms with van der Waals surface area (Å²) >= 11 is 0. The molecule has 1 atom stereocenters. The van der Waals surface area contributed by atoms with Gasteiger partial charge in [-0.3, -0.25) is 14.1 Å². The zero-order chi connectivity index (χ0) is 24.7. The van der Waals surface area contributed by atoms with Gasteiger partial charge in [-0.1, -0.05) is 6.07 Å². The lowest BCUT2D eigenvalue weighted by Crippen LogP contribution is -2.44. The van der Waals surface area contributed by atoms with Crippen molar-refractivity contribution in [2.45, 2.75) is 38.1 Å². The molecule has 3 aromatic heterocycles. The van der Waals surface area contributed by atoms with Crippen LogP contribution in [0.2, 0.25) is 0 Å². The van der Waals surface area contributed by atoms with Crippen LogP contribution in [0.1, 0.15) is 32.6 Å². The van der Waals surface area contributed by atoms with E-state index in [1.54, 1.807) is 10.8 Å². The molecule has 0 unspecified atom stereocenters. The fourth-order valence-corrected chi connectivity index (χ4v) is 5.48. The summed E-state index contributed by atoms with van der Waals surface area (Å²) in [4.78, 5) is 25.1. The third kappa shape index (κ3) is 4.08. The number of aromatic nitrogens is 4. The van der Waals surface area contributed by atoms with Crippen LogP contribution in [0.4, 0.5) is 0 Å². The topological polar surface area (TPSA) is 74.4 Å². The lowest BCUT2D eigenvalue weighted by molar-refractivity contribution is 0.00977. The number of hydrogen-bond donors (Lipinski definition) is 0. The predicted molar refractivity (Wildman–Crippen MR) is 141 cm³/mol. The van der Waals surface area contributed by atoms with Crippen LogP contribution in [0.3, 0.4) is 0 Å². The van der Waals surface area contributed by atoms with Crippen LogP contribution < -0.4 is 10.4 Å². The van der Waals surface area contributed by atoms with E-state index in [1.165, 1.54) is 19.5 Å². The Kier molecular flexibility index (Phi) is 6.01. The summed E-state index contributed by atoms with van der Waals surface area (Å²) in [6.07, 6.45) is 7.83. The molecule has 0 aliphatic carbocycles. The average molecular weight is 488 g/mol. The first-order valence-corrected chi connectivity index (χ1v) is 12.9. The number of likely N-dealkylation sites (tertiary alicyclic amines) is 1. The van der Waals surface area contributed by atoms with Crippen molar-refractivity contribution in [3.05, 3.63) is 53.2 Å². The largest absolute Gasteiger partial charge is 0.478 e. The Morgan fingerprint density at radius 3 is 2.67 bits per heavy atom. The van der Waals surface area contributed by atoms with Gasteiger partial charge in [0.2, 0.25) is 5.88 Å². The quantitative estimate of drug-likeness (QED) is 0.368. The minimum absolute atomic E-state index is 0.0324. The first kappa shape index (κ1) is 23.2. The summed E-state index contributed by atoms with van der Waals surface area (Å²) in [6.45, 7) is 7.59. The Labute approximate surface area is 210 Å². The highest BCUT2D eigenvalue weighted by Gasteiger charge is 2.34. The van der Waals surface area contributed by atoms with Gasteiger partial charge in [0.1, 0.15) is 0 Å². The average Bonchev–Trinajstić information content (AvgIpc) is 3.14. The summed E-state index contributed by atoms with van der Waals surface area (Å²) in [5.41, 5.74) is 4.21. The van der Waals surface area contributed by atoms with Crippen LogP contribution in [-0.4, -0.2) is 63.5 Å². The lowest BCUT2D eigenvalue weighted by Gasteiger charge is -2.34. The molecule has 0 radical (unpaired) electrons. The second-order valence-corrected chi connectivity index (χ2v) is 10.3. The van der Waals surface area contributed by atoms with E-state index in [4.69, 9.17) is 9.47 Å². The number of imidazole rings is 1. The molecule has 8 nitrogen and oxygen atoms in total. The minimum atomic E-state index is -0.394. The molecule has 0 N–H and O–H groups in total. The molecular formula is C28H33N5O3. The third-order valence-electron chi connectivity index (χ3n) is 7.73. The highest BCUT2D eigenvalue weighted by atomic mass is 16.5. The number of benzene rings is 1. The molecule has 0 bridgehead atoms. The van der Waals surface area contributed by atoms with Crippen molar-refractivity contribution in [3.63, 3.8) is 0 Å². The molecule has 2 aliphatic rings. The van der Waals surface area contributed by atoms with Crippen LogP contribution in [0.25, 0.3) is 33.1 Å². The highest BCUT2D eigenvalue weighted by molar-refractivity contribution is 6.04. The molecule has 2 saturated heterocycles. The minimum Gasteiger partial charge on any atom is -0.478 e. The van der Waals surface area contributed by atoms with Gasteiger partial charge >= 0.3 is 5.69 Å². The number of pyridine rings is 2. The first-order valence-electron chi connectivity index (χ1n) is 12.9. The van der Waals surface area contributed by atoms with Crippen LogP contribution in [-0.2, 0) is 17.3 Å². The molecule has 8 heteroatoms. The molecule has 4 aromatic rings. The second-order valence-electron chi connectivity index (χ2n) is 10.3. The Morgan fingerprint density at radius 2 is 1.94 bits per heavy atom. The van der Waals surface area contributed by atoms with Crippen LogP contribution in [0.5, 0.6) is 5.88 Å². The van der Waals surface area contributed by atoms with Gasteiger partial charge in [0.25, 0.3) is 0 Å². The van der Waals surface area contributed by atoms with Crippen LogP contribution in [0.15, 0.2) is 47.5 Å². The normalized spacial score (nSPS) is 20.6. The Bertz CT molecular complexity index is 1450. The van der Waals surface area contributed by atoms with Crippen molar-refractivity contribution in [1.82, 2.24) is 24.0 Å². The van der Waals surface area contributed by atoms with Crippen molar-refractivity contribution >= 4 is 21.9 Å². The molecule has 5 heterocycles. The summed E-state index contributed by atoms with van der Waals surface area (Å²) in [7, 11) is 1.82. The maximum absolute atomic E-state index is 13.4. The van der Waals surface area contributed by atoms with Gasteiger partial charge in [0.05, 0.1) is 41.5 Å². The summed E-state index contributed by atoms with van der Waals surface area (Å²) < 4.78 is 15.3. The standard InChI is InChI=1S/C28H33N5O3/c1-28(10-3-14-35-19-28)33-26-22-16-20(6-8-23(22)29-18-24(26)31(2)27(33)34)21-7-9-25(30-17-21)36-15-5-13-32-11-4-12-32/h6-9,16-18H,3-5,10-15,19H2,1-2H3/t28-/m0/s1. The highest BCUT2D eigenvalue weighted by Crippen LogP contribution is 2.34. The van der Waals surface area contributed by atoms with Crippen molar-refractivity contribution in [1.29, 1.82) is 0 Å². The molecule has 0 amide bonds. The maximum atomic E-state index is 13.4.